The maximum Gasteiger partial charge on any atom is 0.309 e. The molecule has 0 fully saturated rings. The number of hydrogen-bond donors (Lipinski definition) is 1. The number of nitrogens with one attached hydrogen (secondary N) is 1. The molecule has 0 aliphatic rings. The predicted molar refractivity (Wildman–Crippen MR) is 99.8 cm³/mol. The zero-order valence-corrected chi connectivity index (χ0v) is 15.8. The maximum absolute atomic E-state index is 11.8. The van der Waals surface area contributed by atoms with Crippen LogP contribution in [0.4, 0.5) is 5.69 Å². The van der Waals surface area contributed by atoms with E-state index in [9.17, 15) is 9.59 Å². The zero-order chi connectivity index (χ0) is 18.2. The van der Waals surface area contributed by atoms with Gasteiger partial charge in [-0.15, -0.1) is 0 Å². The molecule has 2 rings (SSSR count). The van der Waals surface area contributed by atoms with Crippen LogP contribution in [0.1, 0.15) is 17.5 Å². The van der Waals surface area contributed by atoms with Crippen LogP contribution in [-0.2, 0) is 14.3 Å². The zero-order valence-electron chi connectivity index (χ0n) is 14.2. The first-order valence-electron chi connectivity index (χ1n) is 7.85. The number of carbonyl (C=O) groups is 2. The highest BCUT2D eigenvalue weighted by Gasteiger charge is 2.09. The maximum atomic E-state index is 11.8. The second kappa shape index (κ2) is 9.22. The standard InChI is InChI=1S/C19H20BrNO4/c1-13-3-6-16(7-4-13)24-10-9-19(23)25-12-18(22)21-17-8-5-15(20)11-14(17)2/h3-8,11H,9-10,12H2,1-2H3,(H,21,22). The van der Waals surface area contributed by atoms with Gasteiger partial charge in [-0.25, -0.2) is 0 Å². The average Bonchev–Trinajstić information content (AvgIpc) is 2.57. The van der Waals surface area contributed by atoms with Crippen molar-refractivity contribution in [1.29, 1.82) is 0 Å². The Balaban J connectivity index is 1.68. The van der Waals surface area contributed by atoms with Crippen molar-refractivity contribution >= 4 is 33.5 Å². The minimum absolute atomic E-state index is 0.0818. The lowest BCUT2D eigenvalue weighted by molar-refractivity contribution is -0.147. The van der Waals surface area contributed by atoms with Crippen molar-refractivity contribution in [3.05, 3.63) is 58.1 Å². The first-order chi connectivity index (χ1) is 11.9. The van der Waals surface area contributed by atoms with Crippen molar-refractivity contribution in [2.24, 2.45) is 0 Å². The highest BCUT2D eigenvalue weighted by atomic mass is 79.9. The number of amides is 1. The van der Waals surface area contributed by atoms with Gasteiger partial charge in [0.15, 0.2) is 6.61 Å². The molecule has 0 radical (unpaired) electrons. The summed E-state index contributed by atoms with van der Waals surface area (Å²) in [6.07, 6.45) is 0.0818. The molecule has 6 heteroatoms. The topological polar surface area (TPSA) is 64.6 Å². The Bertz CT molecular complexity index is 744. The summed E-state index contributed by atoms with van der Waals surface area (Å²) in [6.45, 7) is 3.75. The molecule has 0 unspecified atom stereocenters. The van der Waals surface area contributed by atoms with Crippen LogP contribution in [0, 0.1) is 13.8 Å². The van der Waals surface area contributed by atoms with Crippen molar-refractivity contribution in [2.75, 3.05) is 18.5 Å². The summed E-state index contributed by atoms with van der Waals surface area (Å²) in [5.41, 5.74) is 2.74. The van der Waals surface area contributed by atoms with E-state index in [4.69, 9.17) is 9.47 Å². The Morgan fingerprint density at radius 1 is 1.08 bits per heavy atom. The number of carbonyl (C=O) groups excluding carboxylic acids is 2. The molecular weight excluding hydrogens is 386 g/mol. The SMILES string of the molecule is Cc1ccc(OCCC(=O)OCC(=O)Nc2ccc(Br)cc2C)cc1. The van der Waals surface area contributed by atoms with Crippen molar-refractivity contribution < 1.29 is 19.1 Å². The highest BCUT2D eigenvalue weighted by Crippen LogP contribution is 2.19. The molecule has 0 aromatic heterocycles. The number of ether oxygens (including phenoxy) is 2. The molecule has 0 atom stereocenters. The van der Waals surface area contributed by atoms with Gasteiger partial charge in [-0.2, -0.15) is 0 Å². The minimum atomic E-state index is -0.477. The Hall–Kier alpha value is -2.34. The third-order valence-electron chi connectivity index (χ3n) is 3.42. The average molecular weight is 406 g/mol. The Morgan fingerprint density at radius 2 is 1.80 bits per heavy atom. The predicted octanol–water partition coefficient (Wildman–Crippen LogP) is 4.02. The van der Waals surface area contributed by atoms with Crippen LogP contribution in [0.5, 0.6) is 5.75 Å². The van der Waals surface area contributed by atoms with Crippen molar-refractivity contribution in [2.45, 2.75) is 20.3 Å². The van der Waals surface area contributed by atoms with E-state index < -0.39 is 5.97 Å². The van der Waals surface area contributed by atoms with Crippen LogP contribution in [0.15, 0.2) is 46.9 Å². The van der Waals surface area contributed by atoms with Crippen LogP contribution in [0.25, 0.3) is 0 Å². The first kappa shape index (κ1) is 19.0. The third kappa shape index (κ3) is 6.58. The first-order valence-corrected chi connectivity index (χ1v) is 8.64. The van der Waals surface area contributed by atoms with Gasteiger partial charge in [-0.05, 0) is 49.7 Å². The number of rotatable bonds is 7. The Morgan fingerprint density at radius 3 is 2.48 bits per heavy atom. The molecule has 0 heterocycles. The summed E-state index contributed by atoms with van der Waals surface area (Å²) in [5.74, 6) is -0.158. The second-order valence-electron chi connectivity index (χ2n) is 5.58. The molecule has 0 aliphatic carbocycles. The van der Waals surface area contributed by atoms with Gasteiger partial charge in [0.1, 0.15) is 5.75 Å². The molecule has 0 aliphatic heterocycles. The van der Waals surface area contributed by atoms with Gasteiger partial charge in [0, 0.05) is 10.2 Å². The van der Waals surface area contributed by atoms with E-state index in [-0.39, 0.29) is 25.5 Å². The third-order valence-corrected chi connectivity index (χ3v) is 3.92. The second-order valence-corrected chi connectivity index (χ2v) is 6.50. The molecule has 132 valence electrons. The van der Waals surface area contributed by atoms with Crippen LogP contribution < -0.4 is 10.1 Å². The minimum Gasteiger partial charge on any atom is -0.493 e. The van der Waals surface area contributed by atoms with Crippen LogP contribution in [0.3, 0.4) is 0 Å². The number of hydrogen-bond acceptors (Lipinski definition) is 4. The molecular formula is C19H20BrNO4. The molecule has 25 heavy (non-hydrogen) atoms. The van der Waals surface area contributed by atoms with E-state index in [0.29, 0.717) is 11.4 Å². The molecule has 0 bridgehead atoms. The number of anilines is 1. The van der Waals surface area contributed by atoms with Gasteiger partial charge in [0.25, 0.3) is 5.91 Å². The quantitative estimate of drug-likeness (QED) is 0.706. The number of benzene rings is 2. The highest BCUT2D eigenvalue weighted by molar-refractivity contribution is 9.10. The Kier molecular flexibility index (Phi) is 7.01. The fraction of sp³-hybridized carbons (Fsp3) is 0.263. The molecule has 0 saturated heterocycles. The number of halogens is 1. The summed E-state index contributed by atoms with van der Waals surface area (Å²) < 4.78 is 11.3. The molecule has 5 nitrogen and oxygen atoms in total. The number of aryl methyl sites for hydroxylation is 2. The van der Waals surface area contributed by atoms with Crippen LogP contribution >= 0.6 is 15.9 Å². The van der Waals surface area contributed by atoms with Crippen LogP contribution in [-0.4, -0.2) is 25.1 Å². The van der Waals surface area contributed by atoms with Gasteiger partial charge >= 0.3 is 5.97 Å². The van der Waals surface area contributed by atoms with Gasteiger partial charge in [-0.3, -0.25) is 9.59 Å². The van der Waals surface area contributed by atoms with Gasteiger partial charge in [0.05, 0.1) is 13.0 Å². The molecule has 0 saturated carbocycles. The monoisotopic (exact) mass is 405 g/mol. The lowest BCUT2D eigenvalue weighted by Crippen LogP contribution is -2.22. The smallest absolute Gasteiger partial charge is 0.309 e. The van der Waals surface area contributed by atoms with E-state index in [1.165, 1.54) is 0 Å². The van der Waals surface area contributed by atoms with Gasteiger partial charge < -0.3 is 14.8 Å². The van der Waals surface area contributed by atoms with Gasteiger partial charge in [-0.1, -0.05) is 33.6 Å². The van der Waals surface area contributed by atoms with E-state index in [1.807, 2.05) is 50.2 Å². The fourth-order valence-corrected chi connectivity index (χ4v) is 2.53. The summed E-state index contributed by atoms with van der Waals surface area (Å²) in [6, 6.07) is 13.1. The summed E-state index contributed by atoms with van der Waals surface area (Å²) in [7, 11) is 0. The summed E-state index contributed by atoms with van der Waals surface area (Å²) in [4.78, 5) is 23.5. The van der Waals surface area contributed by atoms with Crippen molar-refractivity contribution in [3.63, 3.8) is 0 Å². The molecule has 1 N–H and O–H groups in total. The van der Waals surface area contributed by atoms with E-state index >= 15 is 0 Å². The molecule has 2 aromatic carbocycles. The normalized spacial score (nSPS) is 10.2. The molecule has 1 amide bonds. The lowest BCUT2D eigenvalue weighted by Gasteiger charge is -2.10. The van der Waals surface area contributed by atoms with Gasteiger partial charge in [0.2, 0.25) is 0 Å². The van der Waals surface area contributed by atoms with E-state index in [0.717, 1.165) is 15.6 Å². The lowest BCUT2D eigenvalue weighted by atomic mass is 10.2. The summed E-state index contributed by atoms with van der Waals surface area (Å²) >= 11 is 3.36. The fourth-order valence-electron chi connectivity index (χ4n) is 2.06. The summed E-state index contributed by atoms with van der Waals surface area (Å²) in [5, 5.41) is 2.71. The van der Waals surface area contributed by atoms with Crippen LogP contribution in [0.2, 0.25) is 0 Å². The van der Waals surface area contributed by atoms with Crippen molar-refractivity contribution in [3.8, 4) is 5.75 Å². The molecule has 2 aromatic rings. The van der Waals surface area contributed by atoms with E-state index in [1.54, 1.807) is 6.07 Å². The van der Waals surface area contributed by atoms with E-state index in [2.05, 4.69) is 21.2 Å². The Labute approximate surface area is 155 Å². The molecule has 0 spiro atoms. The van der Waals surface area contributed by atoms with Crippen molar-refractivity contribution in [1.82, 2.24) is 0 Å². The number of esters is 1. The largest absolute Gasteiger partial charge is 0.493 e.